The number of halogens is 1. The third kappa shape index (κ3) is 5.65. The third-order valence-corrected chi connectivity index (χ3v) is 4.99. The molecule has 0 N–H and O–H groups in total. The van der Waals surface area contributed by atoms with Crippen molar-refractivity contribution in [1.82, 2.24) is 14.4 Å². The zero-order chi connectivity index (χ0) is 19.2. The zero-order valence-corrected chi connectivity index (χ0v) is 16.1. The van der Waals surface area contributed by atoms with E-state index >= 15 is 0 Å². The van der Waals surface area contributed by atoms with E-state index < -0.39 is 0 Å². The topological polar surface area (TPSA) is 37.7 Å². The second-order valence-corrected chi connectivity index (χ2v) is 7.44. The van der Waals surface area contributed by atoms with Crippen molar-refractivity contribution in [1.29, 1.82) is 0 Å². The first-order chi connectivity index (χ1) is 13.0. The normalized spacial score (nSPS) is 17.4. The van der Waals surface area contributed by atoms with Gasteiger partial charge in [0.05, 0.1) is 0 Å². The molecule has 3 rings (SSSR count). The minimum absolute atomic E-state index is 0.0125. The Bertz CT molecular complexity index is 742. The molecule has 1 aromatic heterocycles. The standard InChI is InChI=1S/C21H28FN3O2/c1-23(2)21(26)16-27-11-9-18-13-24(12-17-5-7-19(22)8-6-17)15-20-4-3-10-25(20)14-18/h3-8,10,18H,9,11-16H2,1-2H3/t18-/m1/s1. The van der Waals surface area contributed by atoms with Crippen LogP contribution in [0.25, 0.3) is 0 Å². The van der Waals surface area contributed by atoms with Crippen molar-refractivity contribution in [3.8, 4) is 0 Å². The van der Waals surface area contributed by atoms with E-state index in [0.717, 1.165) is 38.2 Å². The summed E-state index contributed by atoms with van der Waals surface area (Å²) in [5.41, 5.74) is 2.41. The highest BCUT2D eigenvalue weighted by atomic mass is 19.1. The van der Waals surface area contributed by atoms with Gasteiger partial charge in [0.2, 0.25) is 5.91 Å². The van der Waals surface area contributed by atoms with E-state index in [1.54, 1.807) is 19.0 Å². The largest absolute Gasteiger partial charge is 0.372 e. The maximum Gasteiger partial charge on any atom is 0.248 e. The Labute approximate surface area is 160 Å². The Morgan fingerprint density at radius 2 is 2.00 bits per heavy atom. The lowest BCUT2D eigenvalue weighted by Crippen LogP contribution is -2.29. The quantitative estimate of drug-likeness (QED) is 0.701. The van der Waals surface area contributed by atoms with E-state index in [-0.39, 0.29) is 18.3 Å². The molecule has 146 valence electrons. The van der Waals surface area contributed by atoms with E-state index in [9.17, 15) is 9.18 Å². The Kier molecular flexibility index (Phi) is 6.63. The van der Waals surface area contributed by atoms with Gasteiger partial charge in [0.1, 0.15) is 12.4 Å². The van der Waals surface area contributed by atoms with Crippen molar-refractivity contribution in [3.05, 3.63) is 59.7 Å². The molecule has 0 saturated carbocycles. The second kappa shape index (κ2) is 9.15. The number of carbonyl (C=O) groups is 1. The summed E-state index contributed by atoms with van der Waals surface area (Å²) in [5.74, 6) is 0.223. The number of carbonyl (C=O) groups excluding carboxylic acids is 1. The molecule has 0 radical (unpaired) electrons. The summed E-state index contributed by atoms with van der Waals surface area (Å²) < 4.78 is 21.1. The molecule has 27 heavy (non-hydrogen) atoms. The molecular weight excluding hydrogens is 345 g/mol. The number of fused-ring (bicyclic) bond motifs is 1. The fourth-order valence-corrected chi connectivity index (χ4v) is 3.46. The molecule has 2 heterocycles. The van der Waals surface area contributed by atoms with Gasteiger partial charge in [0.25, 0.3) is 0 Å². The Morgan fingerprint density at radius 3 is 2.74 bits per heavy atom. The van der Waals surface area contributed by atoms with Crippen LogP contribution in [0.5, 0.6) is 0 Å². The smallest absolute Gasteiger partial charge is 0.248 e. The van der Waals surface area contributed by atoms with Crippen molar-refractivity contribution in [2.45, 2.75) is 26.1 Å². The van der Waals surface area contributed by atoms with Crippen LogP contribution in [-0.4, -0.2) is 54.1 Å². The minimum atomic E-state index is -0.203. The molecule has 2 aromatic rings. The van der Waals surface area contributed by atoms with Gasteiger partial charge >= 0.3 is 0 Å². The Morgan fingerprint density at radius 1 is 1.22 bits per heavy atom. The summed E-state index contributed by atoms with van der Waals surface area (Å²) >= 11 is 0. The summed E-state index contributed by atoms with van der Waals surface area (Å²) in [6.45, 7) is 4.28. The summed E-state index contributed by atoms with van der Waals surface area (Å²) in [7, 11) is 3.47. The van der Waals surface area contributed by atoms with Gasteiger partial charge in [-0.3, -0.25) is 9.69 Å². The monoisotopic (exact) mass is 373 g/mol. The number of ether oxygens (including phenoxy) is 1. The fourth-order valence-electron chi connectivity index (χ4n) is 3.46. The summed E-state index contributed by atoms with van der Waals surface area (Å²) in [4.78, 5) is 15.6. The molecule has 1 aliphatic rings. The van der Waals surface area contributed by atoms with E-state index in [1.165, 1.54) is 17.8 Å². The molecule has 0 aliphatic carbocycles. The number of benzene rings is 1. The minimum Gasteiger partial charge on any atom is -0.372 e. The van der Waals surface area contributed by atoms with Crippen LogP contribution in [0, 0.1) is 11.7 Å². The molecule has 1 amide bonds. The van der Waals surface area contributed by atoms with Crippen molar-refractivity contribution < 1.29 is 13.9 Å². The molecule has 0 saturated heterocycles. The molecule has 1 atom stereocenters. The average Bonchev–Trinajstić information content (AvgIpc) is 2.99. The predicted molar refractivity (Wildman–Crippen MR) is 103 cm³/mol. The van der Waals surface area contributed by atoms with Gasteiger partial charge in [0, 0.05) is 58.8 Å². The summed E-state index contributed by atoms with van der Waals surface area (Å²) in [5, 5.41) is 0. The van der Waals surface area contributed by atoms with Gasteiger partial charge in [-0.15, -0.1) is 0 Å². The maximum absolute atomic E-state index is 13.2. The van der Waals surface area contributed by atoms with Crippen LogP contribution in [0.15, 0.2) is 42.6 Å². The van der Waals surface area contributed by atoms with Gasteiger partial charge in [-0.2, -0.15) is 0 Å². The van der Waals surface area contributed by atoms with Gasteiger partial charge in [-0.1, -0.05) is 12.1 Å². The van der Waals surface area contributed by atoms with Crippen molar-refractivity contribution in [3.63, 3.8) is 0 Å². The number of rotatable bonds is 7. The average molecular weight is 373 g/mol. The third-order valence-electron chi connectivity index (χ3n) is 4.99. The number of likely N-dealkylation sites (N-methyl/N-ethyl adjacent to an activating group) is 1. The fraction of sp³-hybridized carbons (Fsp3) is 0.476. The van der Waals surface area contributed by atoms with Crippen LogP contribution < -0.4 is 0 Å². The van der Waals surface area contributed by atoms with Gasteiger partial charge in [-0.05, 0) is 42.2 Å². The number of nitrogens with zero attached hydrogens (tertiary/aromatic N) is 3. The molecule has 0 unspecified atom stereocenters. The lowest BCUT2D eigenvalue weighted by atomic mass is 10.1. The predicted octanol–water partition coefficient (Wildman–Crippen LogP) is 2.75. The number of hydrogen-bond donors (Lipinski definition) is 0. The summed E-state index contributed by atoms with van der Waals surface area (Å²) in [6.07, 6.45) is 3.03. The molecule has 0 bridgehead atoms. The first-order valence-electron chi connectivity index (χ1n) is 9.40. The SMILES string of the molecule is CN(C)C(=O)COCC[C@@H]1CN(Cc2ccc(F)cc2)Cc2cccn2C1. The van der Waals surface area contributed by atoms with Crippen molar-refractivity contribution in [2.24, 2.45) is 5.92 Å². The lowest BCUT2D eigenvalue weighted by Gasteiger charge is -2.24. The van der Waals surface area contributed by atoms with Crippen molar-refractivity contribution >= 4 is 5.91 Å². The number of hydrogen-bond acceptors (Lipinski definition) is 3. The van der Waals surface area contributed by atoms with E-state index in [2.05, 4.69) is 27.8 Å². The Balaban J connectivity index is 1.59. The zero-order valence-electron chi connectivity index (χ0n) is 16.1. The van der Waals surface area contributed by atoms with E-state index in [1.807, 2.05) is 12.1 Å². The first kappa shape index (κ1) is 19.6. The van der Waals surface area contributed by atoms with Gasteiger partial charge in [0.15, 0.2) is 0 Å². The first-order valence-corrected chi connectivity index (χ1v) is 9.40. The van der Waals surface area contributed by atoms with Crippen LogP contribution in [-0.2, 0) is 29.2 Å². The molecule has 6 heteroatoms. The molecule has 0 spiro atoms. The highest BCUT2D eigenvalue weighted by molar-refractivity contribution is 5.76. The van der Waals surface area contributed by atoms with Crippen LogP contribution in [0.2, 0.25) is 0 Å². The van der Waals surface area contributed by atoms with Crippen LogP contribution >= 0.6 is 0 Å². The van der Waals surface area contributed by atoms with Crippen LogP contribution in [0.4, 0.5) is 4.39 Å². The van der Waals surface area contributed by atoms with E-state index in [4.69, 9.17) is 4.74 Å². The molecule has 1 aromatic carbocycles. The van der Waals surface area contributed by atoms with Crippen LogP contribution in [0.3, 0.4) is 0 Å². The summed E-state index contributed by atoms with van der Waals surface area (Å²) in [6, 6.07) is 11.0. The molecule has 1 aliphatic heterocycles. The van der Waals surface area contributed by atoms with Crippen molar-refractivity contribution in [2.75, 3.05) is 33.9 Å². The Hall–Kier alpha value is -2.18. The number of amides is 1. The molecular formula is C21H28FN3O2. The van der Waals surface area contributed by atoms with E-state index in [0.29, 0.717) is 12.5 Å². The highest BCUT2D eigenvalue weighted by Crippen LogP contribution is 2.21. The molecule has 5 nitrogen and oxygen atoms in total. The molecule has 0 fully saturated rings. The highest BCUT2D eigenvalue weighted by Gasteiger charge is 2.21. The van der Waals surface area contributed by atoms with Gasteiger partial charge < -0.3 is 14.2 Å². The maximum atomic E-state index is 13.2. The van der Waals surface area contributed by atoms with Crippen LogP contribution in [0.1, 0.15) is 17.7 Å². The number of aromatic nitrogens is 1. The second-order valence-electron chi connectivity index (χ2n) is 7.44. The lowest BCUT2D eigenvalue weighted by molar-refractivity contribution is -0.133. The van der Waals surface area contributed by atoms with Gasteiger partial charge in [-0.25, -0.2) is 4.39 Å².